The summed E-state index contributed by atoms with van der Waals surface area (Å²) in [6, 6.07) is 0. The lowest BCUT2D eigenvalue weighted by Crippen LogP contribution is -2.20. The summed E-state index contributed by atoms with van der Waals surface area (Å²) in [4.78, 5) is 0. The molecular formula is C14H22N4OS. The van der Waals surface area contributed by atoms with Crippen LogP contribution in [0.3, 0.4) is 0 Å². The molecule has 2 rings (SSSR count). The van der Waals surface area contributed by atoms with Gasteiger partial charge in [-0.3, -0.25) is 0 Å². The number of oxime groups is 1. The maximum Gasteiger partial charge on any atom is 0.173 e. The second-order valence-corrected chi connectivity index (χ2v) is 6.31. The zero-order valence-electron chi connectivity index (χ0n) is 12.1. The molecule has 6 heteroatoms. The number of hydrogen-bond donors (Lipinski definition) is 2. The molecule has 1 aromatic rings. The Bertz CT molecular complexity index is 498. The average molecular weight is 294 g/mol. The van der Waals surface area contributed by atoms with Crippen molar-refractivity contribution in [2.75, 3.05) is 0 Å². The van der Waals surface area contributed by atoms with E-state index in [1.807, 2.05) is 6.92 Å². The van der Waals surface area contributed by atoms with Crippen molar-refractivity contribution in [3.8, 4) is 0 Å². The minimum atomic E-state index is 0.145. The van der Waals surface area contributed by atoms with Gasteiger partial charge in [0.05, 0.1) is 11.3 Å². The molecule has 0 aromatic carbocycles. The van der Waals surface area contributed by atoms with Gasteiger partial charge in [0.15, 0.2) is 5.84 Å². The molecule has 0 saturated heterocycles. The van der Waals surface area contributed by atoms with Gasteiger partial charge in [-0.1, -0.05) is 31.8 Å². The minimum Gasteiger partial charge on any atom is -0.409 e. The Hall–Kier alpha value is -1.30. The van der Waals surface area contributed by atoms with Gasteiger partial charge in [0.1, 0.15) is 5.03 Å². The van der Waals surface area contributed by atoms with Crippen LogP contribution in [0.2, 0.25) is 0 Å². The topological polar surface area (TPSA) is 84.4 Å². The highest BCUT2D eigenvalue weighted by molar-refractivity contribution is 7.99. The first-order valence-corrected chi connectivity index (χ1v) is 8.12. The molecule has 0 atom stereocenters. The fourth-order valence-corrected chi connectivity index (χ4v) is 4.03. The van der Waals surface area contributed by atoms with E-state index in [9.17, 15) is 0 Å². The molecule has 0 bridgehead atoms. The molecule has 0 spiro atoms. The second kappa shape index (κ2) is 6.92. The van der Waals surface area contributed by atoms with Gasteiger partial charge in [-0.25, -0.2) is 0 Å². The van der Waals surface area contributed by atoms with E-state index in [0.717, 1.165) is 34.7 Å². The highest BCUT2D eigenvalue weighted by Gasteiger charge is 2.23. The number of amidine groups is 1. The van der Waals surface area contributed by atoms with Crippen LogP contribution in [0.5, 0.6) is 0 Å². The van der Waals surface area contributed by atoms with E-state index in [0.29, 0.717) is 5.25 Å². The molecule has 5 nitrogen and oxygen atoms in total. The Morgan fingerprint density at radius 3 is 2.55 bits per heavy atom. The van der Waals surface area contributed by atoms with Gasteiger partial charge in [0.2, 0.25) is 0 Å². The predicted octanol–water partition coefficient (Wildman–Crippen LogP) is 2.73. The predicted molar refractivity (Wildman–Crippen MR) is 81.4 cm³/mol. The Kier molecular flexibility index (Phi) is 5.23. The first-order valence-electron chi connectivity index (χ1n) is 7.24. The van der Waals surface area contributed by atoms with E-state index in [2.05, 4.69) is 22.3 Å². The van der Waals surface area contributed by atoms with E-state index >= 15 is 0 Å². The van der Waals surface area contributed by atoms with Gasteiger partial charge in [0.25, 0.3) is 0 Å². The van der Waals surface area contributed by atoms with Crippen molar-refractivity contribution in [1.29, 1.82) is 0 Å². The smallest absolute Gasteiger partial charge is 0.173 e. The molecule has 3 N–H and O–H groups in total. The maximum absolute atomic E-state index is 9.06. The molecule has 0 amide bonds. The number of aryl methyl sites for hydroxylation is 1. The van der Waals surface area contributed by atoms with E-state index < -0.39 is 0 Å². The summed E-state index contributed by atoms with van der Waals surface area (Å²) in [6.07, 6.45) is 6.58. The third-order valence-electron chi connectivity index (χ3n) is 3.76. The van der Waals surface area contributed by atoms with Crippen LogP contribution in [0.4, 0.5) is 0 Å². The molecule has 0 radical (unpaired) electrons. The zero-order valence-corrected chi connectivity index (χ0v) is 12.9. The highest BCUT2D eigenvalue weighted by atomic mass is 32.2. The van der Waals surface area contributed by atoms with Gasteiger partial charge >= 0.3 is 0 Å². The van der Waals surface area contributed by atoms with E-state index in [4.69, 9.17) is 10.9 Å². The fourth-order valence-electron chi connectivity index (χ4n) is 2.72. The molecule has 1 aliphatic carbocycles. The molecule has 0 aliphatic heterocycles. The Balaban J connectivity index is 2.43. The summed E-state index contributed by atoms with van der Waals surface area (Å²) in [5.41, 5.74) is 8.65. The van der Waals surface area contributed by atoms with Crippen LogP contribution in [0.25, 0.3) is 0 Å². The van der Waals surface area contributed by atoms with Gasteiger partial charge in [0, 0.05) is 5.25 Å². The van der Waals surface area contributed by atoms with Crippen molar-refractivity contribution in [2.24, 2.45) is 10.9 Å². The number of aromatic nitrogens is 2. The van der Waals surface area contributed by atoms with E-state index in [1.54, 1.807) is 11.8 Å². The molecule has 1 aromatic heterocycles. The molecule has 1 fully saturated rings. The van der Waals surface area contributed by atoms with Crippen LogP contribution in [0.1, 0.15) is 56.4 Å². The van der Waals surface area contributed by atoms with E-state index in [1.165, 1.54) is 25.7 Å². The van der Waals surface area contributed by atoms with Crippen LogP contribution in [0.15, 0.2) is 10.2 Å². The van der Waals surface area contributed by atoms with Crippen LogP contribution < -0.4 is 5.73 Å². The summed E-state index contributed by atoms with van der Waals surface area (Å²) in [5, 5.41) is 22.3. The summed E-state index contributed by atoms with van der Waals surface area (Å²) in [6.45, 7) is 4.11. The molecule has 1 saturated carbocycles. The largest absolute Gasteiger partial charge is 0.409 e. The minimum absolute atomic E-state index is 0.145. The molecular weight excluding hydrogens is 272 g/mol. The summed E-state index contributed by atoms with van der Waals surface area (Å²) < 4.78 is 0. The quantitative estimate of drug-likeness (QED) is 0.377. The molecule has 110 valence electrons. The average Bonchev–Trinajstić information content (AvgIpc) is 2.98. The number of nitrogens with two attached hydrogens (primary N) is 1. The van der Waals surface area contributed by atoms with Crippen molar-refractivity contribution in [1.82, 2.24) is 10.2 Å². The second-order valence-electron chi connectivity index (χ2n) is 5.02. The monoisotopic (exact) mass is 294 g/mol. The van der Waals surface area contributed by atoms with Gasteiger partial charge in [-0.2, -0.15) is 5.10 Å². The van der Waals surface area contributed by atoms with Crippen LogP contribution in [-0.4, -0.2) is 26.5 Å². The number of rotatable bonds is 5. The lowest BCUT2D eigenvalue weighted by molar-refractivity contribution is 0.318. The van der Waals surface area contributed by atoms with Gasteiger partial charge in [-0.05, 0) is 31.2 Å². The molecule has 1 aliphatic rings. The first-order chi connectivity index (χ1) is 9.71. The van der Waals surface area contributed by atoms with Gasteiger partial charge < -0.3 is 10.9 Å². The Labute approximate surface area is 124 Å². The van der Waals surface area contributed by atoms with E-state index in [-0.39, 0.29) is 5.84 Å². The standard InChI is InChI=1S/C14H22N4OS/c1-3-10-11(4-2)16-17-14(12(10)13(15)18-19)20-9-7-5-6-8-9/h9,19H,3-8H2,1-2H3,(H2,15,18). The molecule has 1 heterocycles. The maximum atomic E-state index is 9.06. The van der Waals surface area contributed by atoms with Crippen molar-refractivity contribution in [2.45, 2.75) is 62.6 Å². The zero-order chi connectivity index (χ0) is 14.5. The summed E-state index contributed by atoms with van der Waals surface area (Å²) >= 11 is 1.72. The third kappa shape index (κ3) is 3.06. The first kappa shape index (κ1) is 15.1. The van der Waals surface area contributed by atoms with Gasteiger partial charge in [-0.15, -0.1) is 16.9 Å². The summed E-state index contributed by atoms with van der Waals surface area (Å²) in [5.74, 6) is 0.145. The Morgan fingerprint density at radius 1 is 1.30 bits per heavy atom. The van der Waals surface area contributed by atoms with Crippen molar-refractivity contribution in [3.05, 3.63) is 16.8 Å². The van der Waals surface area contributed by atoms with Crippen molar-refractivity contribution < 1.29 is 5.21 Å². The SMILES string of the molecule is CCc1nnc(SC2CCCC2)c(C(N)=NO)c1CC. The van der Waals surface area contributed by atoms with Crippen LogP contribution in [0, 0.1) is 0 Å². The molecule has 0 unspecified atom stereocenters. The lowest BCUT2D eigenvalue weighted by atomic mass is 10.0. The van der Waals surface area contributed by atoms with Crippen molar-refractivity contribution in [3.63, 3.8) is 0 Å². The fraction of sp³-hybridized carbons (Fsp3) is 0.643. The normalized spacial score (nSPS) is 16.8. The lowest BCUT2D eigenvalue weighted by Gasteiger charge is -2.16. The highest BCUT2D eigenvalue weighted by Crippen LogP contribution is 2.36. The summed E-state index contributed by atoms with van der Waals surface area (Å²) in [7, 11) is 0. The van der Waals surface area contributed by atoms with Crippen LogP contribution in [-0.2, 0) is 12.8 Å². The number of thioether (sulfide) groups is 1. The number of hydrogen-bond acceptors (Lipinski definition) is 5. The molecule has 20 heavy (non-hydrogen) atoms. The van der Waals surface area contributed by atoms with Crippen molar-refractivity contribution >= 4 is 17.6 Å². The Morgan fingerprint density at radius 2 is 2.00 bits per heavy atom. The number of nitrogens with zero attached hydrogens (tertiary/aromatic N) is 3. The third-order valence-corrected chi connectivity index (χ3v) is 5.07. The van der Waals surface area contributed by atoms with Crippen LogP contribution >= 0.6 is 11.8 Å².